The van der Waals surface area contributed by atoms with Crippen molar-refractivity contribution in [3.8, 4) is 0 Å². The molecule has 3 nitrogen and oxygen atoms in total. The monoisotopic (exact) mass is 347 g/mol. The fraction of sp³-hybridized carbons (Fsp3) is 0.545. The highest BCUT2D eigenvalue weighted by Gasteiger charge is 2.47. The fourth-order valence-corrected chi connectivity index (χ4v) is 2.90. The van der Waals surface area contributed by atoms with Crippen LogP contribution < -0.4 is 5.32 Å². The zero-order valence-corrected chi connectivity index (χ0v) is 12.4. The number of pyridine rings is 1. The summed E-state index contributed by atoms with van der Waals surface area (Å²) in [4.78, 5) is 4.94. The van der Waals surface area contributed by atoms with Gasteiger partial charge in [-0.15, -0.1) is 0 Å². The number of rotatable bonds is 2. The highest BCUT2D eigenvalue weighted by molar-refractivity contribution is 6.43. The van der Waals surface area contributed by atoms with Crippen molar-refractivity contribution in [3.63, 3.8) is 0 Å². The van der Waals surface area contributed by atoms with Crippen LogP contribution in [0.25, 0.3) is 0 Å². The minimum absolute atomic E-state index is 0.139. The highest BCUT2D eigenvalue weighted by Crippen LogP contribution is 2.44. The first kappa shape index (κ1) is 16.1. The van der Waals surface area contributed by atoms with Crippen LogP contribution in [0.15, 0.2) is 6.20 Å². The number of hydrogen-bond acceptors (Lipinski definition) is 3. The lowest BCUT2D eigenvalue weighted by molar-refractivity contribution is -0.187. The quantitative estimate of drug-likeness (QED) is 0.829. The maximum Gasteiger partial charge on any atom is 0.408 e. The third kappa shape index (κ3) is 3.31. The molecule has 0 bridgehead atoms. The van der Waals surface area contributed by atoms with Crippen molar-refractivity contribution >= 4 is 34.8 Å². The van der Waals surface area contributed by atoms with Gasteiger partial charge in [-0.25, -0.2) is 4.98 Å². The molecule has 0 amide bonds. The van der Waals surface area contributed by atoms with Gasteiger partial charge < -0.3 is 5.32 Å². The largest absolute Gasteiger partial charge is 0.408 e. The van der Waals surface area contributed by atoms with E-state index in [0.717, 1.165) is 6.20 Å². The number of alkyl halides is 3. The van der Waals surface area contributed by atoms with Crippen molar-refractivity contribution in [2.45, 2.75) is 12.2 Å². The van der Waals surface area contributed by atoms with Gasteiger partial charge in [0, 0.05) is 37.9 Å². The van der Waals surface area contributed by atoms with Gasteiger partial charge in [-0.1, -0.05) is 34.8 Å². The molecule has 2 rings (SSSR count). The van der Waals surface area contributed by atoms with Crippen LogP contribution in [0, 0.1) is 0 Å². The minimum atomic E-state index is -4.50. The molecule has 0 unspecified atom stereocenters. The molecule has 0 radical (unpaired) electrons. The average molecular weight is 349 g/mol. The van der Waals surface area contributed by atoms with Gasteiger partial charge in [-0.3, -0.25) is 4.90 Å². The molecule has 9 heteroatoms. The summed E-state index contributed by atoms with van der Waals surface area (Å²) in [6, 6.07) is -1.88. The number of hydrogen-bond donors (Lipinski definition) is 1. The van der Waals surface area contributed by atoms with E-state index in [1.54, 1.807) is 0 Å². The summed E-state index contributed by atoms with van der Waals surface area (Å²) < 4.78 is 40.3. The molecule has 0 spiro atoms. The molecular weight excluding hydrogens is 337 g/mol. The average Bonchev–Trinajstić information content (AvgIpc) is 2.39. The molecule has 20 heavy (non-hydrogen) atoms. The minimum Gasteiger partial charge on any atom is -0.314 e. The Hall–Kier alpha value is -0.270. The van der Waals surface area contributed by atoms with E-state index in [0.29, 0.717) is 13.1 Å². The lowest BCUT2D eigenvalue weighted by Gasteiger charge is -2.36. The lowest BCUT2D eigenvalue weighted by Crippen LogP contribution is -2.49. The van der Waals surface area contributed by atoms with Crippen molar-refractivity contribution < 1.29 is 13.2 Å². The lowest BCUT2D eigenvalue weighted by atomic mass is 10.1. The molecule has 0 saturated carbocycles. The summed E-state index contributed by atoms with van der Waals surface area (Å²) in [6.07, 6.45) is -3.42. The van der Waals surface area contributed by atoms with Crippen molar-refractivity contribution in [3.05, 3.63) is 27.0 Å². The second-order valence-corrected chi connectivity index (χ2v) is 5.50. The molecule has 2 heterocycles. The summed E-state index contributed by atoms with van der Waals surface area (Å²) in [6.45, 7) is 1.44. The van der Waals surface area contributed by atoms with Gasteiger partial charge in [-0.05, 0) is 0 Å². The van der Waals surface area contributed by atoms with Crippen LogP contribution in [0.3, 0.4) is 0 Å². The Kier molecular flexibility index (Phi) is 5.02. The van der Waals surface area contributed by atoms with Gasteiger partial charge in [0.1, 0.15) is 11.2 Å². The molecule has 1 aromatic rings. The van der Waals surface area contributed by atoms with E-state index in [1.165, 1.54) is 4.90 Å². The molecule has 1 aliphatic heterocycles. The molecule has 0 aliphatic carbocycles. The third-order valence-corrected chi connectivity index (χ3v) is 4.13. The van der Waals surface area contributed by atoms with Crippen LogP contribution in [0.1, 0.15) is 11.6 Å². The zero-order chi connectivity index (χ0) is 14.9. The Labute approximate surface area is 129 Å². The summed E-state index contributed by atoms with van der Waals surface area (Å²) >= 11 is 17.5. The van der Waals surface area contributed by atoms with Crippen LogP contribution in [-0.4, -0.2) is 42.2 Å². The number of piperazine rings is 1. The van der Waals surface area contributed by atoms with Gasteiger partial charge >= 0.3 is 6.18 Å². The molecular formula is C11H11Cl3F3N3. The van der Waals surface area contributed by atoms with Crippen LogP contribution in [0.4, 0.5) is 13.2 Å². The second-order valence-electron chi connectivity index (χ2n) is 4.35. The predicted molar refractivity (Wildman–Crippen MR) is 72.5 cm³/mol. The first-order chi connectivity index (χ1) is 9.32. The topological polar surface area (TPSA) is 28.2 Å². The summed E-state index contributed by atoms with van der Waals surface area (Å²) in [5.41, 5.74) is -0.234. The maximum atomic E-state index is 13.4. The van der Waals surface area contributed by atoms with E-state index in [1.807, 2.05) is 0 Å². The molecule has 1 aromatic heterocycles. The normalized spacial score (nSPS) is 19.1. The van der Waals surface area contributed by atoms with Crippen molar-refractivity contribution in [1.82, 2.24) is 15.2 Å². The molecule has 1 saturated heterocycles. The number of aromatic nitrogens is 1. The number of nitrogens with zero attached hydrogens (tertiary/aromatic N) is 2. The van der Waals surface area contributed by atoms with E-state index in [-0.39, 0.29) is 33.9 Å². The number of halogens is 6. The van der Waals surface area contributed by atoms with Crippen LogP contribution in [0.5, 0.6) is 0 Å². The first-order valence-corrected chi connectivity index (χ1v) is 6.96. The Bertz CT molecular complexity index is 490. The first-order valence-electron chi connectivity index (χ1n) is 5.83. The molecule has 1 atom stereocenters. The summed E-state index contributed by atoms with van der Waals surface area (Å²) in [5, 5.41) is 2.43. The molecule has 112 valence electrons. The van der Waals surface area contributed by atoms with Crippen molar-refractivity contribution in [2.75, 3.05) is 26.2 Å². The van der Waals surface area contributed by atoms with E-state index >= 15 is 0 Å². The maximum absolute atomic E-state index is 13.4. The van der Waals surface area contributed by atoms with E-state index in [2.05, 4.69) is 10.3 Å². The Morgan fingerprint density at radius 1 is 1.20 bits per heavy atom. The van der Waals surface area contributed by atoms with Gasteiger partial charge in [0.05, 0.1) is 10.0 Å². The number of nitrogens with one attached hydrogen (secondary N) is 1. The third-order valence-electron chi connectivity index (χ3n) is 3.07. The Balaban J connectivity index is 2.49. The molecule has 1 N–H and O–H groups in total. The van der Waals surface area contributed by atoms with Crippen LogP contribution in [-0.2, 0) is 0 Å². The Morgan fingerprint density at radius 2 is 1.80 bits per heavy atom. The second kappa shape index (κ2) is 6.23. The molecule has 0 aromatic carbocycles. The van der Waals surface area contributed by atoms with Crippen LogP contribution in [0.2, 0.25) is 15.2 Å². The predicted octanol–water partition coefficient (Wildman–Crippen LogP) is 3.55. The smallest absolute Gasteiger partial charge is 0.314 e. The highest BCUT2D eigenvalue weighted by atomic mass is 35.5. The summed E-state index contributed by atoms with van der Waals surface area (Å²) in [5.74, 6) is 0. The van der Waals surface area contributed by atoms with E-state index in [4.69, 9.17) is 34.8 Å². The van der Waals surface area contributed by atoms with E-state index < -0.39 is 12.2 Å². The van der Waals surface area contributed by atoms with Gasteiger partial charge in [-0.2, -0.15) is 13.2 Å². The Morgan fingerprint density at radius 3 is 2.35 bits per heavy atom. The fourth-order valence-electron chi connectivity index (χ4n) is 2.20. The van der Waals surface area contributed by atoms with Crippen LogP contribution >= 0.6 is 34.8 Å². The van der Waals surface area contributed by atoms with Crippen molar-refractivity contribution in [1.29, 1.82) is 0 Å². The van der Waals surface area contributed by atoms with Crippen molar-refractivity contribution in [2.24, 2.45) is 0 Å². The van der Waals surface area contributed by atoms with Gasteiger partial charge in [0.25, 0.3) is 0 Å². The van der Waals surface area contributed by atoms with E-state index in [9.17, 15) is 13.2 Å². The van der Waals surface area contributed by atoms with Gasteiger partial charge in [0.15, 0.2) is 0 Å². The zero-order valence-electron chi connectivity index (χ0n) is 10.1. The SMILES string of the molecule is FC(F)(F)[C@H](c1c(Cl)cnc(Cl)c1Cl)N1CCNCC1. The standard InChI is InChI=1S/C11H11Cl3F3N3/c12-6-5-19-10(14)8(13)7(6)9(11(15,16)17)20-3-1-18-2-4-20/h5,9,18H,1-4H2/t9-/m0/s1. The summed E-state index contributed by atoms with van der Waals surface area (Å²) in [7, 11) is 0. The molecule has 1 aliphatic rings. The molecule has 1 fully saturated rings. The van der Waals surface area contributed by atoms with Gasteiger partial charge in [0.2, 0.25) is 0 Å².